The highest BCUT2D eigenvalue weighted by Gasteiger charge is 2.05. The normalized spacial score (nSPS) is 11.4. The molecule has 0 bridgehead atoms. The van der Waals surface area contributed by atoms with Crippen LogP contribution in [0.25, 0.3) is 0 Å². The molecular formula is C18H22ClFN4S. The predicted molar refractivity (Wildman–Crippen MR) is 105 cm³/mol. The van der Waals surface area contributed by atoms with Crippen LogP contribution in [0.15, 0.2) is 41.5 Å². The molecule has 2 N–H and O–H groups in total. The smallest absolute Gasteiger partial charge is 0.191 e. The Morgan fingerprint density at radius 1 is 1.24 bits per heavy atom. The second-order valence-corrected chi connectivity index (χ2v) is 6.64. The van der Waals surface area contributed by atoms with E-state index in [2.05, 4.69) is 20.6 Å². The van der Waals surface area contributed by atoms with Crippen LogP contribution in [0, 0.1) is 5.82 Å². The minimum absolute atomic E-state index is 0.205. The highest BCUT2D eigenvalue weighted by atomic mass is 35.5. The number of aromatic nitrogens is 1. The number of nitrogens with zero attached hydrogens (tertiary/aromatic N) is 2. The van der Waals surface area contributed by atoms with Gasteiger partial charge in [0.1, 0.15) is 11.0 Å². The van der Waals surface area contributed by atoms with E-state index in [4.69, 9.17) is 11.6 Å². The Morgan fingerprint density at radius 3 is 2.76 bits per heavy atom. The van der Waals surface area contributed by atoms with E-state index in [0.717, 1.165) is 29.0 Å². The van der Waals surface area contributed by atoms with E-state index in [1.54, 1.807) is 30.1 Å². The second-order valence-electron chi connectivity index (χ2n) is 5.38. The summed E-state index contributed by atoms with van der Waals surface area (Å²) in [5, 5.41) is 6.98. The zero-order chi connectivity index (χ0) is 18.1. The van der Waals surface area contributed by atoms with Crippen LogP contribution in [0.2, 0.25) is 5.15 Å². The van der Waals surface area contributed by atoms with Gasteiger partial charge in [0.15, 0.2) is 5.96 Å². The Kier molecular flexibility index (Phi) is 8.01. The molecular weight excluding hydrogens is 359 g/mol. The third-order valence-electron chi connectivity index (χ3n) is 3.47. The molecule has 134 valence electrons. The van der Waals surface area contributed by atoms with Crippen LogP contribution in [0.3, 0.4) is 0 Å². The molecule has 7 heteroatoms. The van der Waals surface area contributed by atoms with Crippen molar-refractivity contribution in [3.05, 3.63) is 64.2 Å². The standard InChI is InChI=1S/C18H22ClFN4S/c1-3-21-18(23-10-13-4-7-17(19)22-9-13)24-11-14-5-6-16(20)8-15(14)12-25-2/h4-9H,3,10-12H2,1-2H3,(H2,21,23,24). The highest BCUT2D eigenvalue weighted by Crippen LogP contribution is 2.16. The van der Waals surface area contributed by atoms with Crippen LogP contribution < -0.4 is 10.6 Å². The number of hydrogen-bond acceptors (Lipinski definition) is 3. The quantitative estimate of drug-likeness (QED) is 0.433. The summed E-state index contributed by atoms with van der Waals surface area (Å²) in [6.07, 6.45) is 3.72. The molecule has 0 spiro atoms. The number of nitrogens with one attached hydrogen (secondary N) is 2. The summed E-state index contributed by atoms with van der Waals surface area (Å²) < 4.78 is 13.4. The molecule has 1 heterocycles. The van der Waals surface area contributed by atoms with Gasteiger partial charge in [-0.2, -0.15) is 11.8 Å². The molecule has 0 saturated heterocycles. The number of guanidine groups is 1. The van der Waals surface area contributed by atoms with Gasteiger partial charge in [-0.05, 0) is 48.1 Å². The van der Waals surface area contributed by atoms with Crippen LogP contribution in [-0.2, 0) is 18.8 Å². The summed E-state index contributed by atoms with van der Waals surface area (Å²) in [7, 11) is 0. The number of hydrogen-bond donors (Lipinski definition) is 2. The fourth-order valence-corrected chi connectivity index (χ4v) is 2.94. The maximum Gasteiger partial charge on any atom is 0.191 e. The van der Waals surface area contributed by atoms with Crippen molar-refractivity contribution in [3.8, 4) is 0 Å². The van der Waals surface area contributed by atoms with Crippen molar-refractivity contribution in [1.29, 1.82) is 0 Å². The number of halogens is 2. The largest absolute Gasteiger partial charge is 0.357 e. The number of pyridine rings is 1. The van der Waals surface area contributed by atoms with Gasteiger partial charge in [-0.25, -0.2) is 14.4 Å². The lowest BCUT2D eigenvalue weighted by atomic mass is 10.1. The zero-order valence-corrected chi connectivity index (χ0v) is 15.9. The Morgan fingerprint density at radius 2 is 2.08 bits per heavy atom. The lowest BCUT2D eigenvalue weighted by Gasteiger charge is -2.14. The van der Waals surface area contributed by atoms with Gasteiger partial charge in [0.25, 0.3) is 0 Å². The fourth-order valence-electron chi connectivity index (χ4n) is 2.25. The van der Waals surface area contributed by atoms with Crippen LogP contribution in [-0.4, -0.2) is 23.7 Å². The molecule has 0 saturated carbocycles. The topological polar surface area (TPSA) is 49.3 Å². The Hall–Kier alpha value is -1.79. The van der Waals surface area contributed by atoms with Gasteiger partial charge < -0.3 is 10.6 Å². The number of benzene rings is 1. The van der Waals surface area contributed by atoms with Crippen molar-refractivity contribution < 1.29 is 4.39 Å². The SMILES string of the molecule is CCNC(=NCc1ccc(Cl)nc1)NCc1ccc(F)cc1CSC. The van der Waals surface area contributed by atoms with E-state index < -0.39 is 0 Å². The molecule has 0 aliphatic carbocycles. The third kappa shape index (κ3) is 6.55. The van der Waals surface area contributed by atoms with Gasteiger partial charge in [0, 0.05) is 25.0 Å². The van der Waals surface area contributed by atoms with Crippen molar-refractivity contribution in [2.45, 2.75) is 25.8 Å². The van der Waals surface area contributed by atoms with E-state index in [1.807, 2.05) is 25.3 Å². The van der Waals surface area contributed by atoms with Crippen LogP contribution >= 0.6 is 23.4 Å². The van der Waals surface area contributed by atoms with Crippen molar-refractivity contribution in [2.75, 3.05) is 12.8 Å². The first-order chi connectivity index (χ1) is 12.1. The summed E-state index contributed by atoms with van der Waals surface area (Å²) in [4.78, 5) is 8.61. The molecule has 0 atom stereocenters. The van der Waals surface area contributed by atoms with E-state index in [0.29, 0.717) is 24.2 Å². The molecule has 2 rings (SSSR count). The molecule has 1 aromatic carbocycles. The van der Waals surface area contributed by atoms with Crippen LogP contribution in [0.5, 0.6) is 0 Å². The van der Waals surface area contributed by atoms with Gasteiger partial charge in [-0.3, -0.25) is 0 Å². The van der Waals surface area contributed by atoms with Crippen LogP contribution in [0.4, 0.5) is 4.39 Å². The number of rotatable bonds is 7. The summed E-state index contributed by atoms with van der Waals surface area (Å²) in [5.41, 5.74) is 3.04. The first-order valence-corrected chi connectivity index (χ1v) is 9.78. The summed E-state index contributed by atoms with van der Waals surface area (Å²) in [6, 6.07) is 8.56. The first kappa shape index (κ1) is 19.5. The predicted octanol–water partition coefficient (Wildman–Crippen LogP) is 3.99. The third-order valence-corrected chi connectivity index (χ3v) is 4.29. The summed E-state index contributed by atoms with van der Waals surface area (Å²) in [6.45, 7) is 3.85. The molecule has 1 aromatic heterocycles. The lowest BCUT2D eigenvalue weighted by Crippen LogP contribution is -2.37. The Bertz CT molecular complexity index is 707. The molecule has 0 aliphatic rings. The fraction of sp³-hybridized carbons (Fsp3) is 0.333. The van der Waals surface area contributed by atoms with Gasteiger partial charge in [-0.15, -0.1) is 0 Å². The number of thioether (sulfide) groups is 1. The Labute approximate surface area is 157 Å². The molecule has 0 radical (unpaired) electrons. The zero-order valence-electron chi connectivity index (χ0n) is 14.4. The number of aliphatic imine (C=N–C) groups is 1. The van der Waals surface area contributed by atoms with Crippen molar-refractivity contribution in [1.82, 2.24) is 15.6 Å². The van der Waals surface area contributed by atoms with Gasteiger partial charge in [-0.1, -0.05) is 23.7 Å². The monoisotopic (exact) mass is 380 g/mol. The molecule has 0 unspecified atom stereocenters. The average molecular weight is 381 g/mol. The average Bonchev–Trinajstić information content (AvgIpc) is 2.60. The van der Waals surface area contributed by atoms with Crippen molar-refractivity contribution >= 4 is 29.3 Å². The molecule has 4 nitrogen and oxygen atoms in total. The van der Waals surface area contributed by atoms with Crippen molar-refractivity contribution in [3.63, 3.8) is 0 Å². The molecule has 0 amide bonds. The van der Waals surface area contributed by atoms with Gasteiger partial charge in [0.05, 0.1) is 6.54 Å². The molecule has 0 aliphatic heterocycles. The van der Waals surface area contributed by atoms with Crippen LogP contribution in [0.1, 0.15) is 23.6 Å². The maximum atomic E-state index is 13.4. The second kappa shape index (κ2) is 10.3. The Balaban J connectivity index is 2.03. The molecule has 0 fully saturated rings. The lowest BCUT2D eigenvalue weighted by molar-refractivity contribution is 0.625. The maximum absolute atomic E-state index is 13.4. The van der Waals surface area contributed by atoms with Gasteiger partial charge >= 0.3 is 0 Å². The summed E-state index contributed by atoms with van der Waals surface area (Å²) in [5.74, 6) is 1.28. The van der Waals surface area contributed by atoms with E-state index >= 15 is 0 Å². The van der Waals surface area contributed by atoms with Gasteiger partial charge in [0.2, 0.25) is 0 Å². The van der Waals surface area contributed by atoms with E-state index in [9.17, 15) is 4.39 Å². The molecule has 2 aromatic rings. The highest BCUT2D eigenvalue weighted by molar-refractivity contribution is 7.97. The molecule has 25 heavy (non-hydrogen) atoms. The van der Waals surface area contributed by atoms with E-state index in [1.165, 1.54) is 6.07 Å². The van der Waals surface area contributed by atoms with E-state index in [-0.39, 0.29) is 5.82 Å². The first-order valence-electron chi connectivity index (χ1n) is 8.01. The van der Waals surface area contributed by atoms with Crippen molar-refractivity contribution in [2.24, 2.45) is 4.99 Å². The summed E-state index contributed by atoms with van der Waals surface area (Å²) >= 11 is 7.47. The minimum Gasteiger partial charge on any atom is -0.357 e. The minimum atomic E-state index is -0.205.